The summed E-state index contributed by atoms with van der Waals surface area (Å²) in [6.45, 7) is 5.09. The van der Waals surface area contributed by atoms with E-state index in [-0.39, 0.29) is 11.9 Å². The summed E-state index contributed by atoms with van der Waals surface area (Å²) < 4.78 is 11.1. The highest BCUT2D eigenvalue weighted by molar-refractivity contribution is 7.13. The monoisotopic (exact) mass is 400 g/mol. The number of hydrogen-bond donors (Lipinski definition) is 1. The number of benzene rings is 1. The summed E-state index contributed by atoms with van der Waals surface area (Å²) in [5, 5.41) is 13.2. The van der Waals surface area contributed by atoms with E-state index >= 15 is 0 Å². The SMILES string of the molecule is CCCN(Cc1nnc(-c2cccs2)o1)[C@H](C)C(=O)Nc1ccccc1OC. The standard InChI is InChI=1S/C20H24N4O3S/c1-4-11-24(13-18-22-23-20(27-18)17-10-7-12-28-17)14(2)19(25)21-15-8-5-6-9-16(15)26-3/h5-10,12,14H,4,11,13H2,1-3H3,(H,21,25)/t14-/m1/s1. The Hall–Kier alpha value is -2.71. The molecule has 0 fully saturated rings. The van der Waals surface area contributed by atoms with Gasteiger partial charge in [-0.25, -0.2) is 0 Å². The van der Waals surface area contributed by atoms with Crippen molar-refractivity contribution in [3.8, 4) is 16.5 Å². The molecule has 1 amide bonds. The lowest BCUT2D eigenvalue weighted by Crippen LogP contribution is -2.42. The van der Waals surface area contributed by atoms with Crippen LogP contribution >= 0.6 is 11.3 Å². The van der Waals surface area contributed by atoms with Crippen molar-refractivity contribution < 1.29 is 13.9 Å². The van der Waals surface area contributed by atoms with E-state index < -0.39 is 0 Å². The third-order valence-electron chi connectivity index (χ3n) is 4.34. The van der Waals surface area contributed by atoms with Crippen molar-refractivity contribution in [2.24, 2.45) is 0 Å². The minimum atomic E-state index is -0.373. The maximum atomic E-state index is 12.8. The number of anilines is 1. The van der Waals surface area contributed by atoms with Crippen LogP contribution in [0.15, 0.2) is 46.2 Å². The highest BCUT2D eigenvalue weighted by Crippen LogP contribution is 2.25. The minimum Gasteiger partial charge on any atom is -0.495 e. The van der Waals surface area contributed by atoms with Crippen molar-refractivity contribution in [1.29, 1.82) is 0 Å². The Balaban J connectivity index is 1.69. The molecule has 0 saturated carbocycles. The van der Waals surface area contributed by atoms with Crippen molar-refractivity contribution in [1.82, 2.24) is 15.1 Å². The molecule has 0 bridgehead atoms. The van der Waals surface area contributed by atoms with Crippen LogP contribution in [-0.4, -0.2) is 40.7 Å². The molecule has 2 aromatic heterocycles. The first-order chi connectivity index (χ1) is 13.6. The Morgan fingerprint density at radius 3 is 2.82 bits per heavy atom. The fourth-order valence-electron chi connectivity index (χ4n) is 2.84. The number of amides is 1. The van der Waals surface area contributed by atoms with Gasteiger partial charge in [0.25, 0.3) is 5.89 Å². The molecule has 3 aromatic rings. The van der Waals surface area contributed by atoms with Crippen molar-refractivity contribution in [2.45, 2.75) is 32.9 Å². The summed E-state index contributed by atoms with van der Waals surface area (Å²) in [5.74, 6) is 1.51. The molecular weight excluding hydrogens is 376 g/mol. The van der Waals surface area contributed by atoms with Crippen molar-refractivity contribution >= 4 is 22.9 Å². The molecule has 0 spiro atoms. The number of carbonyl (C=O) groups excluding carboxylic acids is 1. The van der Waals surface area contributed by atoms with E-state index in [1.54, 1.807) is 18.4 Å². The second-order valence-electron chi connectivity index (χ2n) is 6.31. The van der Waals surface area contributed by atoms with Gasteiger partial charge in [-0.15, -0.1) is 21.5 Å². The predicted molar refractivity (Wildman–Crippen MR) is 109 cm³/mol. The highest BCUT2D eigenvalue weighted by atomic mass is 32.1. The maximum Gasteiger partial charge on any atom is 0.257 e. The van der Waals surface area contributed by atoms with Crippen LogP contribution in [0.3, 0.4) is 0 Å². The van der Waals surface area contributed by atoms with Crippen LogP contribution in [0, 0.1) is 0 Å². The van der Waals surface area contributed by atoms with Crippen LogP contribution < -0.4 is 10.1 Å². The summed E-state index contributed by atoms with van der Waals surface area (Å²) in [7, 11) is 1.58. The molecule has 0 unspecified atom stereocenters. The minimum absolute atomic E-state index is 0.115. The Bertz CT molecular complexity index is 895. The predicted octanol–water partition coefficient (Wildman–Crippen LogP) is 4.05. The molecule has 0 saturated heterocycles. The van der Waals surface area contributed by atoms with Gasteiger partial charge in [0.1, 0.15) is 5.75 Å². The van der Waals surface area contributed by atoms with Crippen molar-refractivity contribution in [2.75, 3.05) is 19.0 Å². The number of nitrogens with one attached hydrogen (secondary N) is 1. The smallest absolute Gasteiger partial charge is 0.257 e. The average molecular weight is 401 g/mol. The molecule has 8 heteroatoms. The first-order valence-corrected chi connectivity index (χ1v) is 10.0. The van der Waals surface area contributed by atoms with Gasteiger partial charge in [-0.05, 0) is 43.5 Å². The van der Waals surface area contributed by atoms with Gasteiger partial charge in [0.05, 0.1) is 30.3 Å². The van der Waals surface area contributed by atoms with Gasteiger partial charge in [-0.2, -0.15) is 0 Å². The lowest BCUT2D eigenvalue weighted by atomic mass is 10.2. The zero-order valence-electron chi connectivity index (χ0n) is 16.2. The van der Waals surface area contributed by atoms with Crippen molar-refractivity contribution in [3.63, 3.8) is 0 Å². The summed E-state index contributed by atoms with van der Waals surface area (Å²) in [4.78, 5) is 15.8. The van der Waals surface area contributed by atoms with Gasteiger partial charge in [0.2, 0.25) is 11.8 Å². The third kappa shape index (κ3) is 4.76. The summed E-state index contributed by atoms with van der Waals surface area (Å²) in [6.07, 6.45) is 0.901. The first kappa shape index (κ1) is 20.0. The molecule has 3 rings (SSSR count). The first-order valence-electron chi connectivity index (χ1n) is 9.16. The quantitative estimate of drug-likeness (QED) is 0.584. The molecule has 0 radical (unpaired) electrons. The van der Waals surface area contributed by atoms with Gasteiger partial charge < -0.3 is 14.5 Å². The summed E-state index contributed by atoms with van der Waals surface area (Å²) >= 11 is 1.55. The Morgan fingerprint density at radius 1 is 1.29 bits per heavy atom. The molecule has 2 heterocycles. The lowest BCUT2D eigenvalue weighted by Gasteiger charge is -2.26. The van der Waals surface area contributed by atoms with Crippen LogP contribution in [0.25, 0.3) is 10.8 Å². The highest BCUT2D eigenvalue weighted by Gasteiger charge is 2.24. The van der Waals surface area contributed by atoms with Gasteiger partial charge >= 0.3 is 0 Å². The number of para-hydroxylation sites is 2. The molecule has 148 valence electrons. The van der Waals surface area contributed by atoms with Crippen LogP contribution in [0.1, 0.15) is 26.2 Å². The lowest BCUT2D eigenvalue weighted by molar-refractivity contribution is -0.121. The molecule has 1 N–H and O–H groups in total. The second kappa shape index (κ2) is 9.48. The molecular formula is C20H24N4O3S. The number of ether oxygens (including phenoxy) is 1. The number of hydrogen-bond acceptors (Lipinski definition) is 7. The largest absolute Gasteiger partial charge is 0.495 e. The zero-order valence-corrected chi connectivity index (χ0v) is 17.0. The van der Waals surface area contributed by atoms with E-state index in [2.05, 4.69) is 22.4 Å². The van der Waals surface area contributed by atoms with Gasteiger partial charge in [0, 0.05) is 0 Å². The number of aromatic nitrogens is 2. The van der Waals surface area contributed by atoms with E-state index in [1.807, 2.05) is 53.6 Å². The molecule has 1 atom stereocenters. The van der Waals surface area contributed by atoms with E-state index in [4.69, 9.17) is 9.15 Å². The Kier molecular flexibility index (Phi) is 6.78. The van der Waals surface area contributed by atoms with E-state index in [9.17, 15) is 4.79 Å². The van der Waals surface area contributed by atoms with E-state index in [0.29, 0.717) is 29.8 Å². The molecule has 28 heavy (non-hydrogen) atoms. The van der Waals surface area contributed by atoms with Gasteiger partial charge in [-0.3, -0.25) is 9.69 Å². The van der Waals surface area contributed by atoms with Crippen molar-refractivity contribution in [3.05, 3.63) is 47.7 Å². The number of thiophene rings is 1. The van der Waals surface area contributed by atoms with Gasteiger partial charge in [-0.1, -0.05) is 25.1 Å². The maximum absolute atomic E-state index is 12.8. The van der Waals surface area contributed by atoms with E-state index in [0.717, 1.165) is 17.8 Å². The number of rotatable bonds is 9. The zero-order chi connectivity index (χ0) is 19.9. The summed E-state index contributed by atoms with van der Waals surface area (Å²) in [5.41, 5.74) is 0.649. The topological polar surface area (TPSA) is 80.5 Å². The Morgan fingerprint density at radius 2 is 2.11 bits per heavy atom. The fraction of sp³-hybridized carbons (Fsp3) is 0.350. The summed E-state index contributed by atoms with van der Waals surface area (Å²) in [6, 6.07) is 10.9. The molecule has 0 aliphatic carbocycles. The van der Waals surface area contributed by atoms with Crippen LogP contribution in [0.5, 0.6) is 5.75 Å². The normalized spacial score (nSPS) is 12.1. The van der Waals surface area contributed by atoms with Crippen LogP contribution in [0.4, 0.5) is 5.69 Å². The number of carbonyl (C=O) groups is 1. The van der Waals surface area contributed by atoms with Crippen LogP contribution in [0.2, 0.25) is 0 Å². The van der Waals surface area contributed by atoms with Gasteiger partial charge in [0.15, 0.2) is 0 Å². The molecule has 0 aliphatic rings. The Labute approximate surface area is 168 Å². The number of methoxy groups -OCH3 is 1. The van der Waals surface area contributed by atoms with E-state index in [1.165, 1.54) is 0 Å². The average Bonchev–Trinajstić information content (AvgIpc) is 3.39. The van der Waals surface area contributed by atoms with Crippen LogP contribution in [-0.2, 0) is 11.3 Å². The number of nitrogens with zero attached hydrogens (tertiary/aromatic N) is 3. The molecule has 1 aromatic carbocycles. The fourth-order valence-corrected chi connectivity index (χ4v) is 3.48. The molecule has 0 aliphatic heterocycles. The molecule has 7 nitrogen and oxygen atoms in total. The second-order valence-corrected chi connectivity index (χ2v) is 7.26. The third-order valence-corrected chi connectivity index (χ3v) is 5.20.